The molecule has 1 rings (SSSR count). The number of rotatable bonds is 2. The third kappa shape index (κ3) is 2.70. The van der Waals surface area contributed by atoms with E-state index >= 15 is 0 Å². The monoisotopic (exact) mass is 201 g/mol. The number of piperidine rings is 1. The lowest BCUT2D eigenvalue weighted by atomic mass is 9.98. The van der Waals surface area contributed by atoms with Crippen LogP contribution in [0.25, 0.3) is 0 Å². The van der Waals surface area contributed by atoms with Gasteiger partial charge in [-0.15, -0.1) is 0 Å². The van der Waals surface area contributed by atoms with Gasteiger partial charge in [0.15, 0.2) is 0 Å². The number of likely N-dealkylation sites (tertiary alicyclic amines) is 1. The van der Waals surface area contributed by atoms with Crippen molar-refractivity contribution < 1.29 is 19.4 Å². The second-order valence-corrected chi connectivity index (χ2v) is 3.50. The van der Waals surface area contributed by atoms with Crippen LogP contribution in [-0.4, -0.2) is 48.7 Å². The number of carbonyl (C=O) groups excluding carboxylic acids is 1. The van der Waals surface area contributed by atoms with Crippen molar-refractivity contribution in [2.75, 3.05) is 26.8 Å². The molecule has 1 amide bonds. The zero-order chi connectivity index (χ0) is 10.6. The minimum Gasteiger partial charge on any atom is -0.474 e. The van der Waals surface area contributed by atoms with Gasteiger partial charge in [0, 0.05) is 26.8 Å². The molecule has 1 aliphatic heterocycles. The lowest BCUT2D eigenvalue weighted by Gasteiger charge is -2.30. The highest BCUT2D eigenvalue weighted by Crippen LogP contribution is 2.17. The van der Waals surface area contributed by atoms with Crippen molar-refractivity contribution in [2.45, 2.75) is 12.8 Å². The van der Waals surface area contributed by atoms with Crippen LogP contribution >= 0.6 is 0 Å². The summed E-state index contributed by atoms with van der Waals surface area (Å²) in [6, 6.07) is 0. The van der Waals surface area contributed by atoms with E-state index in [0.717, 1.165) is 12.8 Å². The molecule has 0 atom stereocenters. The van der Waals surface area contributed by atoms with Gasteiger partial charge in [0.1, 0.15) is 0 Å². The van der Waals surface area contributed by atoms with Crippen LogP contribution in [-0.2, 0) is 14.3 Å². The average Bonchev–Trinajstić information content (AvgIpc) is 2.18. The molecule has 1 saturated heterocycles. The zero-order valence-corrected chi connectivity index (χ0v) is 8.23. The molecule has 1 heterocycles. The average molecular weight is 201 g/mol. The third-order valence-corrected chi connectivity index (χ3v) is 2.49. The molecule has 0 aromatic rings. The van der Waals surface area contributed by atoms with E-state index in [1.54, 1.807) is 7.11 Å². The van der Waals surface area contributed by atoms with E-state index in [4.69, 9.17) is 9.84 Å². The molecular formula is C9H15NO4. The Bertz CT molecular complexity index is 221. The van der Waals surface area contributed by atoms with Crippen molar-refractivity contribution in [1.82, 2.24) is 4.90 Å². The maximum absolute atomic E-state index is 11.1. The number of carbonyl (C=O) groups is 2. The standard InChI is InChI=1S/C9H15NO4/c1-14-6-7-2-4-10(5-3-7)8(11)9(12)13/h7H,2-6H2,1H3,(H,12,13). The molecule has 0 saturated carbocycles. The fourth-order valence-corrected chi connectivity index (χ4v) is 1.67. The Labute approximate surface area is 82.6 Å². The molecule has 5 nitrogen and oxygen atoms in total. The van der Waals surface area contributed by atoms with E-state index in [1.165, 1.54) is 4.90 Å². The number of amides is 1. The highest BCUT2D eigenvalue weighted by Gasteiger charge is 2.26. The Morgan fingerprint density at radius 2 is 2.00 bits per heavy atom. The SMILES string of the molecule is COCC1CCN(C(=O)C(=O)O)CC1. The van der Waals surface area contributed by atoms with Gasteiger partial charge in [-0.3, -0.25) is 4.79 Å². The molecule has 14 heavy (non-hydrogen) atoms. The van der Waals surface area contributed by atoms with Crippen LogP contribution in [0.1, 0.15) is 12.8 Å². The second-order valence-electron chi connectivity index (χ2n) is 3.50. The van der Waals surface area contributed by atoms with Gasteiger partial charge in [-0.25, -0.2) is 4.79 Å². The van der Waals surface area contributed by atoms with Crippen molar-refractivity contribution in [1.29, 1.82) is 0 Å². The second kappa shape index (κ2) is 4.95. The number of hydrogen-bond acceptors (Lipinski definition) is 3. The fourth-order valence-electron chi connectivity index (χ4n) is 1.67. The fraction of sp³-hybridized carbons (Fsp3) is 0.778. The first-order valence-electron chi connectivity index (χ1n) is 4.66. The summed E-state index contributed by atoms with van der Waals surface area (Å²) in [4.78, 5) is 22.8. The molecule has 1 N–H and O–H groups in total. The van der Waals surface area contributed by atoms with Gasteiger partial charge in [0.05, 0.1) is 0 Å². The van der Waals surface area contributed by atoms with E-state index in [1.807, 2.05) is 0 Å². The lowest BCUT2D eigenvalue weighted by molar-refractivity contribution is -0.156. The quantitative estimate of drug-likeness (QED) is 0.636. The van der Waals surface area contributed by atoms with E-state index in [9.17, 15) is 9.59 Å². The summed E-state index contributed by atoms with van der Waals surface area (Å²) >= 11 is 0. The van der Waals surface area contributed by atoms with Crippen LogP contribution < -0.4 is 0 Å². The minimum absolute atomic E-state index is 0.456. The normalized spacial score (nSPS) is 18.2. The molecule has 5 heteroatoms. The molecule has 0 aromatic carbocycles. The first kappa shape index (κ1) is 11.0. The number of carboxylic acids is 1. The summed E-state index contributed by atoms with van der Waals surface area (Å²) in [5.74, 6) is -1.70. The molecule has 0 aliphatic carbocycles. The Hall–Kier alpha value is -1.10. The van der Waals surface area contributed by atoms with Crippen LogP contribution in [0.15, 0.2) is 0 Å². The molecular weight excluding hydrogens is 186 g/mol. The molecule has 0 unspecified atom stereocenters. The van der Waals surface area contributed by atoms with Crippen LogP contribution in [0.3, 0.4) is 0 Å². The molecule has 0 spiro atoms. The van der Waals surface area contributed by atoms with Crippen molar-refractivity contribution in [3.63, 3.8) is 0 Å². The summed E-state index contributed by atoms with van der Waals surface area (Å²) in [7, 11) is 1.65. The first-order chi connectivity index (χ1) is 6.65. The smallest absolute Gasteiger partial charge is 0.394 e. The number of hydrogen-bond donors (Lipinski definition) is 1. The van der Waals surface area contributed by atoms with Gasteiger partial charge in [0.2, 0.25) is 0 Å². The highest BCUT2D eigenvalue weighted by atomic mass is 16.5. The van der Waals surface area contributed by atoms with Crippen molar-refractivity contribution in [3.05, 3.63) is 0 Å². The van der Waals surface area contributed by atoms with Crippen LogP contribution in [0.4, 0.5) is 0 Å². The van der Waals surface area contributed by atoms with E-state index in [-0.39, 0.29) is 0 Å². The Balaban J connectivity index is 2.35. The zero-order valence-electron chi connectivity index (χ0n) is 8.23. The van der Waals surface area contributed by atoms with Gasteiger partial charge in [0.25, 0.3) is 0 Å². The molecule has 0 bridgehead atoms. The number of ether oxygens (including phenoxy) is 1. The molecule has 0 radical (unpaired) electrons. The molecule has 80 valence electrons. The lowest BCUT2D eigenvalue weighted by Crippen LogP contribution is -2.42. The van der Waals surface area contributed by atoms with E-state index in [0.29, 0.717) is 25.6 Å². The van der Waals surface area contributed by atoms with E-state index in [2.05, 4.69) is 0 Å². The predicted molar refractivity (Wildman–Crippen MR) is 48.8 cm³/mol. The number of methoxy groups -OCH3 is 1. The topological polar surface area (TPSA) is 66.8 Å². The molecule has 1 fully saturated rings. The van der Waals surface area contributed by atoms with Crippen molar-refractivity contribution >= 4 is 11.9 Å². The molecule has 0 aromatic heterocycles. The Kier molecular flexibility index (Phi) is 3.88. The summed E-state index contributed by atoms with van der Waals surface area (Å²) < 4.78 is 5.00. The minimum atomic E-state index is -1.37. The van der Waals surface area contributed by atoms with Crippen molar-refractivity contribution in [3.8, 4) is 0 Å². The van der Waals surface area contributed by atoms with Gasteiger partial charge in [-0.05, 0) is 18.8 Å². The van der Waals surface area contributed by atoms with E-state index < -0.39 is 11.9 Å². The summed E-state index contributed by atoms with van der Waals surface area (Å²) in [6.07, 6.45) is 1.65. The maximum Gasteiger partial charge on any atom is 0.394 e. The Morgan fingerprint density at radius 1 is 1.43 bits per heavy atom. The van der Waals surface area contributed by atoms with Crippen molar-refractivity contribution in [2.24, 2.45) is 5.92 Å². The van der Waals surface area contributed by atoms with Gasteiger partial charge in [-0.1, -0.05) is 0 Å². The number of carboxylic acid groups (broad SMARTS) is 1. The van der Waals surface area contributed by atoms with Crippen LogP contribution in [0, 0.1) is 5.92 Å². The number of nitrogens with zero attached hydrogens (tertiary/aromatic N) is 1. The first-order valence-corrected chi connectivity index (χ1v) is 4.66. The van der Waals surface area contributed by atoms with Gasteiger partial charge in [-0.2, -0.15) is 0 Å². The third-order valence-electron chi connectivity index (χ3n) is 2.49. The largest absolute Gasteiger partial charge is 0.474 e. The van der Waals surface area contributed by atoms with Gasteiger partial charge < -0.3 is 14.7 Å². The molecule has 1 aliphatic rings. The van der Waals surface area contributed by atoms with Crippen LogP contribution in [0.5, 0.6) is 0 Å². The summed E-state index contributed by atoms with van der Waals surface area (Å²) in [5, 5.41) is 8.49. The number of aliphatic carboxylic acids is 1. The maximum atomic E-state index is 11.1. The van der Waals surface area contributed by atoms with Crippen LogP contribution in [0.2, 0.25) is 0 Å². The van der Waals surface area contributed by atoms with Gasteiger partial charge >= 0.3 is 11.9 Å². The Morgan fingerprint density at radius 3 is 2.43 bits per heavy atom. The summed E-state index contributed by atoms with van der Waals surface area (Å²) in [5.41, 5.74) is 0. The predicted octanol–water partition coefficient (Wildman–Crippen LogP) is -0.0440. The highest BCUT2D eigenvalue weighted by molar-refractivity contribution is 6.31. The summed E-state index contributed by atoms with van der Waals surface area (Å²) in [6.45, 7) is 1.74.